The number of benzene rings is 1. The molecule has 2 aliphatic heterocycles. The van der Waals surface area contributed by atoms with Gasteiger partial charge in [0, 0.05) is 18.9 Å². The fourth-order valence-corrected chi connectivity index (χ4v) is 4.16. The van der Waals surface area contributed by atoms with Crippen molar-refractivity contribution in [2.45, 2.75) is 37.5 Å². The van der Waals surface area contributed by atoms with E-state index in [1.165, 1.54) is 6.07 Å². The van der Waals surface area contributed by atoms with Gasteiger partial charge in [0.2, 0.25) is 11.8 Å². The molecule has 1 aromatic carbocycles. The van der Waals surface area contributed by atoms with Gasteiger partial charge >= 0.3 is 0 Å². The van der Waals surface area contributed by atoms with Crippen molar-refractivity contribution in [3.63, 3.8) is 0 Å². The van der Waals surface area contributed by atoms with Crippen molar-refractivity contribution < 1.29 is 14.0 Å². The minimum Gasteiger partial charge on any atom is -0.306 e. The number of hydrogen-bond donors (Lipinski definition) is 1. The fraction of sp³-hybridized carbons (Fsp3) is 0.526. The van der Waals surface area contributed by atoms with E-state index in [2.05, 4.69) is 22.4 Å². The zero-order valence-electron chi connectivity index (χ0n) is 15.1. The van der Waals surface area contributed by atoms with Crippen LogP contribution in [0, 0.1) is 5.82 Å². The normalized spacial score (nSPS) is 22.8. The van der Waals surface area contributed by atoms with Crippen molar-refractivity contribution in [1.29, 1.82) is 0 Å². The SMILES string of the molecule is CN1CCC(c2cc3c(cc2F)c(C2CCC(=O)NC2=O)nn3C)CC1. The van der Waals surface area contributed by atoms with Crippen LogP contribution < -0.4 is 5.32 Å². The van der Waals surface area contributed by atoms with E-state index >= 15 is 0 Å². The molecule has 6 nitrogen and oxygen atoms in total. The number of amides is 2. The highest BCUT2D eigenvalue weighted by Crippen LogP contribution is 2.35. The average Bonchev–Trinajstić information content (AvgIpc) is 2.91. The van der Waals surface area contributed by atoms with Gasteiger partial charge in [-0.25, -0.2) is 4.39 Å². The van der Waals surface area contributed by atoms with Gasteiger partial charge < -0.3 is 4.90 Å². The number of piperidine rings is 2. The molecule has 3 heterocycles. The monoisotopic (exact) mass is 358 g/mol. The lowest BCUT2D eigenvalue weighted by molar-refractivity contribution is -0.134. The summed E-state index contributed by atoms with van der Waals surface area (Å²) in [6.07, 6.45) is 2.58. The summed E-state index contributed by atoms with van der Waals surface area (Å²) in [5.74, 6) is -1.13. The maximum absolute atomic E-state index is 14.9. The molecule has 7 heteroatoms. The Morgan fingerprint density at radius 2 is 1.88 bits per heavy atom. The largest absolute Gasteiger partial charge is 0.306 e. The molecule has 0 radical (unpaired) electrons. The van der Waals surface area contributed by atoms with Gasteiger partial charge in [0.1, 0.15) is 5.82 Å². The summed E-state index contributed by atoms with van der Waals surface area (Å²) in [5.41, 5.74) is 2.13. The van der Waals surface area contributed by atoms with Crippen LogP contribution in [0.15, 0.2) is 12.1 Å². The number of aryl methyl sites for hydroxylation is 1. The molecule has 1 unspecified atom stereocenters. The second-order valence-corrected chi connectivity index (χ2v) is 7.48. The Labute approximate surface area is 151 Å². The standard InChI is InChI=1S/C19H23FN4O2/c1-23-7-5-11(6-8-23)13-10-16-14(9-15(13)20)18(22-24(16)2)12-3-4-17(25)21-19(12)26/h9-12H,3-8H2,1-2H3,(H,21,25,26). The Bertz CT molecular complexity index is 883. The number of imide groups is 1. The second-order valence-electron chi connectivity index (χ2n) is 7.48. The molecule has 2 aromatic rings. The lowest BCUT2D eigenvalue weighted by Gasteiger charge is -2.29. The predicted octanol–water partition coefficient (Wildman–Crippen LogP) is 2.04. The van der Waals surface area contributed by atoms with Crippen LogP contribution in [0.2, 0.25) is 0 Å². The number of aromatic nitrogens is 2. The van der Waals surface area contributed by atoms with Crippen molar-refractivity contribution in [2.75, 3.05) is 20.1 Å². The number of nitrogens with zero attached hydrogens (tertiary/aromatic N) is 3. The van der Waals surface area contributed by atoms with Crippen molar-refractivity contribution in [3.05, 3.63) is 29.2 Å². The smallest absolute Gasteiger partial charge is 0.235 e. The summed E-state index contributed by atoms with van der Waals surface area (Å²) >= 11 is 0. The Balaban J connectivity index is 1.73. The molecule has 0 aliphatic carbocycles. The fourth-order valence-electron chi connectivity index (χ4n) is 4.16. The van der Waals surface area contributed by atoms with Crippen LogP contribution in [0.4, 0.5) is 4.39 Å². The predicted molar refractivity (Wildman–Crippen MR) is 95.3 cm³/mol. The molecular weight excluding hydrogens is 335 g/mol. The van der Waals surface area contributed by atoms with Crippen molar-refractivity contribution in [2.24, 2.45) is 7.05 Å². The summed E-state index contributed by atoms with van der Waals surface area (Å²) in [4.78, 5) is 25.9. The number of halogens is 1. The van der Waals surface area contributed by atoms with E-state index in [-0.39, 0.29) is 30.0 Å². The highest BCUT2D eigenvalue weighted by Gasteiger charge is 2.32. The number of nitrogens with one attached hydrogen (secondary N) is 1. The lowest BCUT2D eigenvalue weighted by atomic mass is 9.87. The first-order valence-electron chi connectivity index (χ1n) is 9.12. The Morgan fingerprint density at radius 3 is 2.58 bits per heavy atom. The first kappa shape index (κ1) is 17.1. The van der Waals surface area contributed by atoms with Crippen LogP contribution in [-0.4, -0.2) is 46.6 Å². The summed E-state index contributed by atoms with van der Waals surface area (Å²) < 4.78 is 16.6. The third-order valence-electron chi connectivity index (χ3n) is 5.72. The van der Waals surface area contributed by atoms with Crippen LogP contribution >= 0.6 is 0 Å². The number of fused-ring (bicyclic) bond motifs is 1. The van der Waals surface area contributed by atoms with E-state index in [4.69, 9.17) is 0 Å². The van der Waals surface area contributed by atoms with E-state index in [0.717, 1.165) is 37.0 Å². The molecule has 1 N–H and O–H groups in total. The van der Waals surface area contributed by atoms with Gasteiger partial charge in [-0.15, -0.1) is 0 Å². The van der Waals surface area contributed by atoms with Crippen LogP contribution in [0.3, 0.4) is 0 Å². The van der Waals surface area contributed by atoms with Crippen LogP contribution in [0.5, 0.6) is 0 Å². The van der Waals surface area contributed by atoms with Gasteiger partial charge in [-0.1, -0.05) is 0 Å². The van der Waals surface area contributed by atoms with E-state index < -0.39 is 5.92 Å². The summed E-state index contributed by atoms with van der Waals surface area (Å²) in [5, 5.41) is 7.52. The molecule has 4 rings (SSSR count). The molecule has 1 atom stereocenters. The molecule has 2 saturated heterocycles. The quantitative estimate of drug-likeness (QED) is 0.835. The number of carbonyl (C=O) groups is 2. The van der Waals surface area contributed by atoms with Gasteiger partial charge in [-0.3, -0.25) is 19.6 Å². The highest BCUT2D eigenvalue weighted by molar-refractivity contribution is 6.02. The van der Waals surface area contributed by atoms with Crippen LogP contribution in [0.1, 0.15) is 48.8 Å². The van der Waals surface area contributed by atoms with E-state index in [1.54, 1.807) is 4.68 Å². The number of rotatable bonds is 2. The topological polar surface area (TPSA) is 67.2 Å². The Hall–Kier alpha value is -2.28. The van der Waals surface area contributed by atoms with Crippen molar-refractivity contribution in [3.8, 4) is 0 Å². The molecule has 0 spiro atoms. The van der Waals surface area contributed by atoms with Crippen LogP contribution in [-0.2, 0) is 16.6 Å². The van der Waals surface area contributed by atoms with E-state index in [0.29, 0.717) is 17.5 Å². The summed E-state index contributed by atoms with van der Waals surface area (Å²) in [7, 11) is 3.90. The maximum Gasteiger partial charge on any atom is 0.235 e. The first-order chi connectivity index (χ1) is 12.4. The molecule has 2 fully saturated rings. The Kier molecular flexibility index (Phi) is 4.26. The van der Waals surface area contributed by atoms with Gasteiger partial charge in [-0.2, -0.15) is 5.10 Å². The summed E-state index contributed by atoms with van der Waals surface area (Å²) in [6, 6.07) is 3.41. The highest BCUT2D eigenvalue weighted by atomic mass is 19.1. The third kappa shape index (κ3) is 2.90. The molecule has 138 valence electrons. The van der Waals surface area contributed by atoms with Gasteiger partial charge in [0.15, 0.2) is 0 Å². The average molecular weight is 358 g/mol. The molecule has 0 saturated carbocycles. The molecular formula is C19H23FN4O2. The minimum atomic E-state index is -0.509. The van der Waals surface area contributed by atoms with Crippen LogP contribution in [0.25, 0.3) is 10.9 Å². The maximum atomic E-state index is 14.9. The number of hydrogen-bond acceptors (Lipinski definition) is 4. The minimum absolute atomic E-state index is 0.213. The van der Waals surface area contributed by atoms with Gasteiger partial charge in [0.05, 0.1) is 17.1 Å². The van der Waals surface area contributed by atoms with E-state index in [9.17, 15) is 14.0 Å². The van der Waals surface area contributed by atoms with Gasteiger partial charge in [0.25, 0.3) is 0 Å². The molecule has 2 amide bonds. The second kappa shape index (κ2) is 6.46. The first-order valence-corrected chi connectivity index (χ1v) is 9.12. The van der Waals surface area contributed by atoms with Gasteiger partial charge in [-0.05, 0) is 63.0 Å². The summed E-state index contributed by atoms with van der Waals surface area (Å²) in [6.45, 7) is 1.93. The zero-order valence-corrected chi connectivity index (χ0v) is 15.1. The van der Waals surface area contributed by atoms with E-state index in [1.807, 2.05) is 13.1 Å². The molecule has 1 aromatic heterocycles. The van der Waals surface area contributed by atoms with Crippen molar-refractivity contribution in [1.82, 2.24) is 20.0 Å². The zero-order chi connectivity index (χ0) is 18.4. The molecule has 2 aliphatic rings. The lowest BCUT2D eigenvalue weighted by Crippen LogP contribution is -2.39. The van der Waals surface area contributed by atoms with Crippen molar-refractivity contribution >= 4 is 22.7 Å². The number of carbonyl (C=O) groups excluding carboxylic acids is 2. The third-order valence-corrected chi connectivity index (χ3v) is 5.72. The molecule has 0 bridgehead atoms. The Morgan fingerprint density at radius 1 is 1.15 bits per heavy atom. The number of likely N-dealkylation sites (tertiary alicyclic amines) is 1. The molecule has 26 heavy (non-hydrogen) atoms.